The van der Waals surface area contributed by atoms with Gasteiger partial charge in [-0.3, -0.25) is 0 Å². The second-order valence-corrected chi connectivity index (χ2v) is 3.09. The van der Waals surface area contributed by atoms with E-state index in [2.05, 4.69) is 0 Å². The maximum absolute atomic E-state index is 13.3. The van der Waals surface area contributed by atoms with E-state index in [0.717, 1.165) is 12.1 Å². The number of benzene rings is 1. The average molecular weight is 233 g/mol. The van der Waals surface area contributed by atoms with Gasteiger partial charge in [0.15, 0.2) is 11.9 Å². The topological polar surface area (TPSA) is 104 Å². The molecule has 1 aromatic rings. The summed E-state index contributed by atoms with van der Waals surface area (Å²) >= 11 is 0. The van der Waals surface area contributed by atoms with Gasteiger partial charge in [0.1, 0.15) is 11.9 Å². The molecule has 0 aliphatic rings. The van der Waals surface area contributed by atoms with Crippen molar-refractivity contribution in [3.05, 3.63) is 29.3 Å². The number of carboxylic acid groups (broad SMARTS) is 1. The minimum Gasteiger partial charge on any atom is -0.479 e. The van der Waals surface area contributed by atoms with Crippen molar-refractivity contribution in [1.82, 2.24) is 0 Å². The number of carboxylic acids is 1. The highest BCUT2D eigenvalue weighted by Crippen LogP contribution is 2.27. The molecule has 0 saturated heterocycles. The molecule has 0 aliphatic heterocycles. The summed E-state index contributed by atoms with van der Waals surface area (Å²) in [5.41, 5.74) is 3.71. The van der Waals surface area contributed by atoms with Crippen LogP contribution in [-0.4, -0.2) is 27.4 Å². The van der Waals surface area contributed by atoms with Gasteiger partial charge in [-0.1, -0.05) is 0 Å². The van der Waals surface area contributed by atoms with E-state index in [1.54, 1.807) is 0 Å². The molecule has 88 valence electrons. The number of aliphatic hydroxyl groups excluding tert-OH is 2. The second-order valence-electron chi connectivity index (χ2n) is 3.09. The Hall–Kier alpha value is -1.73. The van der Waals surface area contributed by atoms with Gasteiger partial charge in [-0.25, -0.2) is 13.6 Å². The number of carbonyl (C=O) groups is 1. The molecule has 0 bridgehead atoms. The highest BCUT2D eigenvalue weighted by Gasteiger charge is 2.30. The summed E-state index contributed by atoms with van der Waals surface area (Å²) < 4.78 is 26.5. The van der Waals surface area contributed by atoms with Gasteiger partial charge in [0.2, 0.25) is 0 Å². The minimum atomic E-state index is -2.33. The number of hydrogen-bond acceptors (Lipinski definition) is 4. The van der Waals surface area contributed by atoms with E-state index in [0.29, 0.717) is 0 Å². The lowest BCUT2D eigenvalue weighted by Crippen LogP contribution is -2.29. The number of anilines is 1. The molecule has 0 amide bonds. The molecule has 0 heterocycles. The first-order chi connectivity index (χ1) is 7.36. The first-order valence-corrected chi connectivity index (χ1v) is 4.18. The Balaban J connectivity index is 3.22. The van der Waals surface area contributed by atoms with Crippen LogP contribution in [0.4, 0.5) is 14.5 Å². The van der Waals surface area contributed by atoms with E-state index in [1.807, 2.05) is 0 Å². The molecule has 2 atom stereocenters. The Labute approximate surface area is 88.7 Å². The van der Waals surface area contributed by atoms with Crippen LogP contribution in [0.1, 0.15) is 11.7 Å². The van der Waals surface area contributed by atoms with Crippen LogP contribution < -0.4 is 5.73 Å². The van der Waals surface area contributed by atoms with Gasteiger partial charge in [-0.05, 0) is 12.1 Å². The average Bonchev–Trinajstić information content (AvgIpc) is 2.22. The first-order valence-electron chi connectivity index (χ1n) is 4.18. The van der Waals surface area contributed by atoms with Crippen LogP contribution in [0.15, 0.2) is 12.1 Å². The van der Waals surface area contributed by atoms with Crippen LogP contribution in [-0.2, 0) is 4.79 Å². The Morgan fingerprint density at radius 3 is 2.38 bits per heavy atom. The normalized spacial score (nSPS) is 14.5. The molecule has 16 heavy (non-hydrogen) atoms. The molecule has 0 radical (unpaired) electrons. The van der Waals surface area contributed by atoms with E-state index < -0.39 is 41.1 Å². The molecule has 5 N–H and O–H groups in total. The fourth-order valence-electron chi connectivity index (χ4n) is 1.15. The number of aliphatic carboxylic acids is 1. The van der Waals surface area contributed by atoms with Gasteiger partial charge in [-0.2, -0.15) is 0 Å². The molecule has 1 rings (SSSR count). The number of rotatable bonds is 3. The van der Waals surface area contributed by atoms with Crippen LogP contribution >= 0.6 is 0 Å². The summed E-state index contributed by atoms with van der Waals surface area (Å²) in [6, 6.07) is 1.69. The van der Waals surface area contributed by atoms with Crippen LogP contribution in [0.3, 0.4) is 0 Å². The quantitative estimate of drug-likeness (QED) is 0.551. The SMILES string of the molecule is Nc1ccc(F)c(C(O)C(O)C(=O)O)c1F. The molecular formula is C9H9F2NO4. The molecule has 0 spiro atoms. The number of hydrogen-bond donors (Lipinski definition) is 4. The molecular weight excluding hydrogens is 224 g/mol. The van der Waals surface area contributed by atoms with Crippen molar-refractivity contribution in [2.24, 2.45) is 0 Å². The summed E-state index contributed by atoms with van der Waals surface area (Å²) in [5, 5.41) is 26.6. The largest absolute Gasteiger partial charge is 0.479 e. The van der Waals surface area contributed by atoms with Crippen LogP contribution in [0, 0.1) is 11.6 Å². The molecule has 0 saturated carbocycles. The number of aliphatic hydroxyl groups is 2. The zero-order valence-corrected chi connectivity index (χ0v) is 7.89. The summed E-state index contributed by atoms with van der Waals surface area (Å²) in [5.74, 6) is -4.26. The van der Waals surface area contributed by atoms with Crippen LogP contribution in [0.5, 0.6) is 0 Å². The van der Waals surface area contributed by atoms with E-state index in [4.69, 9.17) is 15.9 Å². The smallest absolute Gasteiger partial charge is 0.335 e. The zero-order valence-electron chi connectivity index (χ0n) is 7.89. The summed E-state index contributed by atoms with van der Waals surface area (Å²) in [6.45, 7) is 0. The zero-order chi connectivity index (χ0) is 12.5. The third-order valence-electron chi connectivity index (χ3n) is 2.00. The van der Waals surface area contributed by atoms with Crippen molar-refractivity contribution in [2.45, 2.75) is 12.2 Å². The summed E-state index contributed by atoms with van der Waals surface area (Å²) in [4.78, 5) is 10.3. The Morgan fingerprint density at radius 1 is 1.31 bits per heavy atom. The summed E-state index contributed by atoms with van der Waals surface area (Å²) in [6.07, 6.45) is -4.55. The van der Waals surface area contributed by atoms with Gasteiger partial charge in [0, 0.05) is 0 Å². The fourth-order valence-corrected chi connectivity index (χ4v) is 1.15. The Morgan fingerprint density at radius 2 is 1.88 bits per heavy atom. The highest BCUT2D eigenvalue weighted by molar-refractivity contribution is 5.73. The van der Waals surface area contributed by atoms with Gasteiger partial charge in [0.25, 0.3) is 0 Å². The molecule has 7 heteroatoms. The molecule has 0 aliphatic carbocycles. The number of halogens is 2. The third-order valence-corrected chi connectivity index (χ3v) is 2.00. The highest BCUT2D eigenvalue weighted by atomic mass is 19.1. The van der Waals surface area contributed by atoms with Crippen LogP contribution in [0.2, 0.25) is 0 Å². The number of nitrogens with two attached hydrogens (primary N) is 1. The van der Waals surface area contributed by atoms with Crippen molar-refractivity contribution >= 4 is 11.7 Å². The van der Waals surface area contributed by atoms with Crippen LogP contribution in [0.25, 0.3) is 0 Å². The van der Waals surface area contributed by atoms with E-state index in [-0.39, 0.29) is 0 Å². The second kappa shape index (κ2) is 4.42. The van der Waals surface area contributed by atoms with Crippen molar-refractivity contribution in [3.63, 3.8) is 0 Å². The number of nitrogen functional groups attached to an aromatic ring is 1. The molecule has 0 fully saturated rings. The molecule has 0 aromatic heterocycles. The van der Waals surface area contributed by atoms with Crippen molar-refractivity contribution < 1.29 is 28.9 Å². The maximum Gasteiger partial charge on any atom is 0.335 e. The maximum atomic E-state index is 13.3. The molecule has 2 unspecified atom stereocenters. The predicted octanol–water partition coefficient (Wildman–Crippen LogP) is 0.0259. The van der Waals surface area contributed by atoms with E-state index in [1.165, 1.54) is 0 Å². The first kappa shape index (κ1) is 12.3. The monoisotopic (exact) mass is 233 g/mol. The lowest BCUT2D eigenvalue weighted by molar-refractivity contribution is -0.153. The van der Waals surface area contributed by atoms with E-state index in [9.17, 15) is 18.7 Å². The van der Waals surface area contributed by atoms with Crippen molar-refractivity contribution in [1.29, 1.82) is 0 Å². The lowest BCUT2D eigenvalue weighted by Gasteiger charge is -2.16. The van der Waals surface area contributed by atoms with Gasteiger partial charge < -0.3 is 21.1 Å². The standard InChI is InChI=1S/C9H9F2NO4/c10-3-1-2-4(12)6(11)5(3)7(13)8(14)9(15)16/h1-2,7-8,13-14H,12H2,(H,15,16). The summed E-state index contributed by atoms with van der Waals surface area (Å²) in [7, 11) is 0. The minimum absolute atomic E-state index is 0.451. The van der Waals surface area contributed by atoms with Gasteiger partial charge >= 0.3 is 5.97 Å². The molecule has 5 nitrogen and oxygen atoms in total. The Kier molecular flexibility index (Phi) is 3.41. The predicted molar refractivity (Wildman–Crippen MR) is 49.4 cm³/mol. The fraction of sp³-hybridized carbons (Fsp3) is 0.222. The third kappa shape index (κ3) is 2.10. The lowest BCUT2D eigenvalue weighted by atomic mass is 10.0. The Bertz CT molecular complexity index is 424. The molecule has 1 aromatic carbocycles. The van der Waals surface area contributed by atoms with Gasteiger partial charge in [-0.15, -0.1) is 0 Å². The van der Waals surface area contributed by atoms with Crippen molar-refractivity contribution in [3.8, 4) is 0 Å². The van der Waals surface area contributed by atoms with Gasteiger partial charge in [0.05, 0.1) is 11.3 Å². The van der Waals surface area contributed by atoms with Crippen molar-refractivity contribution in [2.75, 3.05) is 5.73 Å². The van der Waals surface area contributed by atoms with E-state index >= 15 is 0 Å².